The smallest absolute Gasteiger partial charge is 0.255 e. The highest BCUT2D eigenvalue weighted by Crippen LogP contribution is 2.27. The molecule has 0 spiro atoms. The lowest BCUT2D eigenvalue weighted by Gasteiger charge is -2.32. The van der Waals surface area contributed by atoms with E-state index < -0.39 is 36.9 Å². The standard InChI is InChI=1S/C18H25N3O8/c22-9-11-1-2-15(29-17-7-12(24)6-13(28-17)8-21-27)14(5-11)18(26)20-4-3-19-16(25)10-23/h1-2,5,12-13,17,22-24H,3-4,6-10H2,(H,19,25)(H,20,26). The van der Waals surface area contributed by atoms with Crippen LogP contribution >= 0.6 is 0 Å². The van der Waals surface area contributed by atoms with Gasteiger partial charge in [-0.05, 0) is 17.7 Å². The second kappa shape index (κ2) is 11.4. The normalized spacial score (nSPS) is 21.3. The molecule has 0 bridgehead atoms. The Balaban J connectivity index is 2.06. The predicted octanol–water partition coefficient (Wildman–Crippen LogP) is -0.972. The maximum Gasteiger partial charge on any atom is 0.255 e. The summed E-state index contributed by atoms with van der Waals surface area (Å²) in [5.41, 5.74) is 0.627. The number of nitroso groups, excluding NO2 is 1. The highest BCUT2D eigenvalue weighted by molar-refractivity contribution is 5.97. The van der Waals surface area contributed by atoms with Crippen molar-refractivity contribution < 1.29 is 34.4 Å². The Labute approximate surface area is 167 Å². The Hall–Kier alpha value is -2.60. The molecular weight excluding hydrogens is 386 g/mol. The Morgan fingerprint density at radius 1 is 1.21 bits per heavy atom. The Kier molecular flexibility index (Phi) is 8.93. The summed E-state index contributed by atoms with van der Waals surface area (Å²) in [5, 5.41) is 35.7. The van der Waals surface area contributed by atoms with Crippen molar-refractivity contribution in [3.63, 3.8) is 0 Å². The Morgan fingerprint density at radius 3 is 2.66 bits per heavy atom. The van der Waals surface area contributed by atoms with E-state index in [4.69, 9.17) is 14.6 Å². The van der Waals surface area contributed by atoms with Gasteiger partial charge in [0.1, 0.15) is 18.9 Å². The lowest BCUT2D eigenvalue weighted by molar-refractivity contribution is -0.172. The van der Waals surface area contributed by atoms with Crippen molar-refractivity contribution in [3.8, 4) is 5.75 Å². The number of amides is 2. The maximum atomic E-state index is 12.5. The largest absolute Gasteiger partial charge is 0.464 e. The highest BCUT2D eigenvalue weighted by atomic mass is 16.7. The molecule has 1 aliphatic rings. The molecule has 1 aliphatic heterocycles. The van der Waals surface area contributed by atoms with E-state index in [0.29, 0.717) is 5.56 Å². The Morgan fingerprint density at radius 2 is 1.97 bits per heavy atom. The third-order valence-electron chi connectivity index (χ3n) is 4.23. The summed E-state index contributed by atoms with van der Waals surface area (Å²) in [7, 11) is 0. The van der Waals surface area contributed by atoms with Crippen LogP contribution in [0.1, 0.15) is 28.8 Å². The topological polar surface area (TPSA) is 167 Å². The first-order valence-electron chi connectivity index (χ1n) is 9.15. The number of nitrogens with zero attached hydrogens (tertiary/aromatic N) is 1. The second-order valence-electron chi connectivity index (χ2n) is 6.49. The monoisotopic (exact) mass is 411 g/mol. The van der Waals surface area contributed by atoms with Crippen LogP contribution in [0.2, 0.25) is 0 Å². The molecule has 11 heteroatoms. The van der Waals surface area contributed by atoms with Crippen LogP contribution in [0.25, 0.3) is 0 Å². The van der Waals surface area contributed by atoms with Crippen molar-refractivity contribution in [2.45, 2.75) is 37.9 Å². The van der Waals surface area contributed by atoms with Crippen LogP contribution in [-0.4, -0.2) is 71.9 Å². The van der Waals surface area contributed by atoms with E-state index in [1.807, 2.05) is 0 Å². The number of nitrogens with one attached hydrogen (secondary N) is 2. The number of ether oxygens (including phenoxy) is 2. The summed E-state index contributed by atoms with van der Waals surface area (Å²) < 4.78 is 11.3. The van der Waals surface area contributed by atoms with Gasteiger partial charge in [-0.15, -0.1) is 0 Å². The first kappa shape index (κ1) is 22.7. The molecule has 160 valence electrons. The quantitative estimate of drug-likeness (QED) is 0.242. The fourth-order valence-corrected chi connectivity index (χ4v) is 2.85. The summed E-state index contributed by atoms with van der Waals surface area (Å²) >= 11 is 0. The molecular formula is C18H25N3O8. The molecule has 2 amide bonds. The molecule has 0 aliphatic carbocycles. The van der Waals surface area contributed by atoms with Crippen molar-refractivity contribution in [2.75, 3.05) is 26.2 Å². The van der Waals surface area contributed by atoms with Crippen molar-refractivity contribution in [1.29, 1.82) is 0 Å². The van der Waals surface area contributed by atoms with Crippen LogP contribution in [-0.2, 0) is 16.1 Å². The van der Waals surface area contributed by atoms with Crippen molar-refractivity contribution >= 4 is 11.8 Å². The molecule has 1 heterocycles. The predicted molar refractivity (Wildman–Crippen MR) is 100.0 cm³/mol. The number of aliphatic hydroxyl groups excluding tert-OH is 3. The van der Waals surface area contributed by atoms with Gasteiger partial charge in [0.2, 0.25) is 12.2 Å². The lowest BCUT2D eigenvalue weighted by atomic mass is 10.0. The van der Waals surface area contributed by atoms with Gasteiger partial charge < -0.3 is 35.4 Å². The Bertz CT molecular complexity index is 714. The number of carbonyl (C=O) groups excluding carboxylic acids is 2. The molecule has 1 saturated heterocycles. The molecule has 1 aromatic rings. The van der Waals surface area contributed by atoms with Crippen molar-refractivity contribution in [3.05, 3.63) is 34.2 Å². The number of benzene rings is 1. The SMILES string of the molecule is O=NCC1CC(O)CC(Oc2ccc(CO)cc2C(=O)NCCNC(=O)CO)O1. The van der Waals surface area contributed by atoms with E-state index >= 15 is 0 Å². The molecule has 29 heavy (non-hydrogen) atoms. The van der Waals surface area contributed by atoms with Crippen LogP contribution in [0, 0.1) is 4.91 Å². The van der Waals surface area contributed by atoms with E-state index in [-0.39, 0.29) is 50.4 Å². The molecule has 0 saturated carbocycles. The van der Waals surface area contributed by atoms with Crippen molar-refractivity contribution in [2.24, 2.45) is 5.18 Å². The first-order chi connectivity index (χ1) is 14.0. The highest BCUT2D eigenvalue weighted by Gasteiger charge is 2.30. The molecule has 3 unspecified atom stereocenters. The molecule has 5 N–H and O–H groups in total. The third-order valence-corrected chi connectivity index (χ3v) is 4.23. The zero-order valence-corrected chi connectivity index (χ0v) is 15.7. The van der Waals surface area contributed by atoms with Gasteiger partial charge in [-0.2, -0.15) is 4.91 Å². The summed E-state index contributed by atoms with van der Waals surface area (Å²) in [6, 6.07) is 4.54. The number of carbonyl (C=O) groups is 2. The van der Waals surface area contributed by atoms with E-state index in [0.717, 1.165) is 0 Å². The van der Waals surface area contributed by atoms with Crippen LogP contribution < -0.4 is 15.4 Å². The molecule has 11 nitrogen and oxygen atoms in total. The van der Waals surface area contributed by atoms with Gasteiger partial charge in [0.15, 0.2) is 0 Å². The zero-order valence-electron chi connectivity index (χ0n) is 15.7. The zero-order chi connectivity index (χ0) is 21.2. The summed E-state index contributed by atoms with van der Waals surface area (Å²) in [5.74, 6) is -0.884. The molecule has 0 aromatic heterocycles. The van der Waals surface area contributed by atoms with Crippen molar-refractivity contribution in [1.82, 2.24) is 10.6 Å². The van der Waals surface area contributed by atoms with Crippen LogP contribution in [0.15, 0.2) is 23.4 Å². The van der Waals surface area contributed by atoms with E-state index in [9.17, 15) is 24.7 Å². The number of aliphatic hydroxyl groups is 3. The number of hydrogen-bond acceptors (Lipinski definition) is 9. The van der Waals surface area contributed by atoms with Crippen LogP contribution in [0.5, 0.6) is 5.75 Å². The van der Waals surface area contributed by atoms with Crippen LogP contribution in [0.3, 0.4) is 0 Å². The van der Waals surface area contributed by atoms with Gasteiger partial charge in [0.25, 0.3) is 5.91 Å². The minimum Gasteiger partial charge on any atom is -0.464 e. The fraction of sp³-hybridized carbons (Fsp3) is 0.556. The summed E-state index contributed by atoms with van der Waals surface area (Å²) in [6.07, 6.45) is -1.76. The molecule has 0 radical (unpaired) electrons. The van der Waals surface area contributed by atoms with E-state index in [2.05, 4.69) is 15.8 Å². The van der Waals surface area contributed by atoms with Gasteiger partial charge in [0.05, 0.1) is 24.4 Å². The molecule has 1 aromatic carbocycles. The minimum atomic E-state index is -0.874. The second-order valence-corrected chi connectivity index (χ2v) is 6.49. The molecule has 3 atom stereocenters. The average molecular weight is 411 g/mol. The molecule has 2 rings (SSSR count). The maximum absolute atomic E-state index is 12.5. The molecule has 1 fully saturated rings. The van der Waals surface area contributed by atoms with Gasteiger partial charge >= 0.3 is 0 Å². The summed E-state index contributed by atoms with van der Waals surface area (Å²) in [6.45, 7) is -0.803. The third kappa shape index (κ3) is 7.06. The van der Waals surface area contributed by atoms with Gasteiger partial charge in [-0.3, -0.25) is 9.59 Å². The lowest BCUT2D eigenvalue weighted by Crippen LogP contribution is -2.40. The van der Waals surface area contributed by atoms with Gasteiger partial charge in [0, 0.05) is 25.9 Å². The average Bonchev–Trinajstić information content (AvgIpc) is 2.71. The van der Waals surface area contributed by atoms with Crippen LogP contribution in [0.4, 0.5) is 0 Å². The fourth-order valence-electron chi connectivity index (χ4n) is 2.85. The summed E-state index contributed by atoms with van der Waals surface area (Å²) in [4.78, 5) is 34.0. The minimum absolute atomic E-state index is 0.110. The van der Waals surface area contributed by atoms with Gasteiger partial charge in [-0.1, -0.05) is 11.2 Å². The number of hydrogen-bond donors (Lipinski definition) is 5. The van der Waals surface area contributed by atoms with E-state index in [1.54, 1.807) is 6.07 Å². The van der Waals surface area contributed by atoms with Gasteiger partial charge in [-0.25, -0.2) is 0 Å². The number of rotatable bonds is 10. The van der Waals surface area contributed by atoms with E-state index in [1.165, 1.54) is 12.1 Å². The first-order valence-corrected chi connectivity index (χ1v) is 9.15.